The Morgan fingerprint density at radius 3 is 2.68 bits per heavy atom. The first kappa shape index (κ1) is 14.9. The summed E-state index contributed by atoms with van der Waals surface area (Å²) in [4.78, 5) is 8.48. The Hall–Kier alpha value is -2.00. The standard InChI is InChI=1S/C13H15N5O2S2/c1-13(2,3)11-16-9-5-4-8(6-10(9)21-11)22(19,20)18-12-14-7-15-17-12/h4-7H,1-3H3,(H2,14,15,17,18). The molecule has 22 heavy (non-hydrogen) atoms. The van der Waals surface area contributed by atoms with Gasteiger partial charge in [0.1, 0.15) is 6.33 Å². The second-order valence-corrected chi connectivity index (χ2v) is 8.55. The number of benzene rings is 1. The summed E-state index contributed by atoms with van der Waals surface area (Å²) >= 11 is 1.50. The lowest BCUT2D eigenvalue weighted by molar-refractivity contribution is 0.587. The zero-order chi connectivity index (χ0) is 16.0. The van der Waals surface area contributed by atoms with Gasteiger partial charge in [0.25, 0.3) is 10.0 Å². The number of hydrogen-bond acceptors (Lipinski definition) is 6. The smallest absolute Gasteiger partial charge is 0.248 e. The Bertz CT molecular complexity index is 908. The van der Waals surface area contributed by atoms with Gasteiger partial charge in [-0.05, 0) is 18.2 Å². The molecule has 116 valence electrons. The molecule has 0 atom stereocenters. The van der Waals surface area contributed by atoms with Crippen molar-refractivity contribution in [1.29, 1.82) is 0 Å². The molecule has 0 unspecified atom stereocenters. The molecule has 0 amide bonds. The van der Waals surface area contributed by atoms with Crippen molar-refractivity contribution in [2.45, 2.75) is 31.1 Å². The molecule has 2 heterocycles. The van der Waals surface area contributed by atoms with E-state index in [4.69, 9.17) is 0 Å². The van der Waals surface area contributed by atoms with Crippen LogP contribution in [0.25, 0.3) is 10.2 Å². The third-order valence-electron chi connectivity index (χ3n) is 2.96. The van der Waals surface area contributed by atoms with Crippen LogP contribution in [0, 0.1) is 0 Å². The van der Waals surface area contributed by atoms with Gasteiger partial charge in [0.15, 0.2) is 0 Å². The summed E-state index contributed by atoms with van der Waals surface area (Å²) in [5.74, 6) is 0.0831. The first-order valence-electron chi connectivity index (χ1n) is 6.55. The van der Waals surface area contributed by atoms with E-state index in [9.17, 15) is 8.42 Å². The molecule has 0 saturated heterocycles. The van der Waals surface area contributed by atoms with E-state index in [0.29, 0.717) is 0 Å². The van der Waals surface area contributed by atoms with Crippen LogP contribution >= 0.6 is 11.3 Å². The third kappa shape index (κ3) is 2.81. The number of nitrogens with one attached hydrogen (secondary N) is 2. The van der Waals surface area contributed by atoms with E-state index in [2.05, 4.69) is 45.7 Å². The largest absolute Gasteiger partial charge is 0.264 e. The van der Waals surface area contributed by atoms with E-state index >= 15 is 0 Å². The van der Waals surface area contributed by atoms with Crippen LogP contribution in [0.15, 0.2) is 29.4 Å². The van der Waals surface area contributed by atoms with Gasteiger partial charge < -0.3 is 0 Å². The molecule has 2 N–H and O–H groups in total. The molecule has 0 bridgehead atoms. The quantitative estimate of drug-likeness (QED) is 0.765. The predicted molar refractivity (Wildman–Crippen MR) is 85.5 cm³/mol. The van der Waals surface area contributed by atoms with Gasteiger partial charge in [0.2, 0.25) is 5.95 Å². The zero-order valence-electron chi connectivity index (χ0n) is 12.3. The minimum absolute atomic E-state index is 0.0686. The number of anilines is 1. The second kappa shape index (κ2) is 5.03. The normalized spacial score (nSPS) is 12.7. The topological polar surface area (TPSA) is 101 Å². The van der Waals surface area contributed by atoms with Gasteiger partial charge in [-0.3, -0.25) is 0 Å². The Kier molecular flexibility index (Phi) is 3.41. The highest BCUT2D eigenvalue weighted by Crippen LogP contribution is 2.32. The summed E-state index contributed by atoms with van der Waals surface area (Å²) in [6, 6.07) is 4.88. The number of rotatable bonds is 3. The lowest BCUT2D eigenvalue weighted by atomic mass is 9.98. The maximum atomic E-state index is 12.3. The number of hydrogen-bond donors (Lipinski definition) is 2. The van der Waals surface area contributed by atoms with Crippen LogP contribution in [0.5, 0.6) is 0 Å². The molecule has 7 nitrogen and oxygen atoms in total. The van der Waals surface area contributed by atoms with E-state index in [1.807, 2.05) is 0 Å². The van der Waals surface area contributed by atoms with Crippen LogP contribution in [-0.4, -0.2) is 28.6 Å². The van der Waals surface area contributed by atoms with Gasteiger partial charge in [-0.25, -0.2) is 23.2 Å². The van der Waals surface area contributed by atoms with E-state index in [1.54, 1.807) is 12.1 Å². The molecule has 0 aliphatic carbocycles. The van der Waals surface area contributed by atoms with Gasteiger partial charge in [-0.2, -0.15) is 10.1 Å². The number of nitrogens with zero attached hydrogens (tertiary/aromatic N) is 3. The van der Waals surface area contributed by atoms with E-state index < -0.39 is 10.0 Å². The number of sulfonamides is 1. The van der Waals surface area contributed by atoms with E-state index in [1.165, 1.54) is 23.7 Å². The summed E-state index contributed by atoms with van der Waals surface area (Å²) in [5.41, 5.74) is 0.731. The van der Waals surface area contributed by atoms with Gasteiger partial charge in [0.05, 0.1) is 20.1 Å². The van der Waals surface area contributed by atoms with Crippen molar-refractivity contribution in [3.05, 3.63) is 29.5 Å². The molecular weight excluding hydrogens is 322 g/mol. The predicted octanol–water partition coefficient (Wildman–Crippen LogP) is 2.51. The molecule has 0 fully saturated rings. The molecular formula is C13H15N5O2S2. The summed E-state index contributed by atoms with van der Waals surface area (Å²) < 4.78 is 27.8. The third-order valence-corrected chi connectivity index (χ3v) is 5.74. The van der Waals surface area contributed by atoms with Crippen LogP contribution in [-0.2, 0) is 15.4 Å². The summed E-state index contributed by atoms with van der Waals surface area (Å²) in [6.45, 7) is 6.23. The fraction of sp³-hybridized carbons (Fsp3) is 0.308. The fourth-order valence-corrected chi connectivity index (χ4v) is 3.96. The Balaban J connectivity index is 2.01. The van der Waals surface area contributed by atoms with E-state index in [-0.39, 0.29) is 16.3 Å². The highest BCUT2D eigenvalue weighted by atomic mass is 32.2. The van der Waals surface area contributed by atoms with Crippen molar-refractivity contribution in [1.82, 2.24) is 20.2 Å². The molecule has 9 heteroatoms. The number of aromatic nitrogens is 4. The first-order chi connectivity index (χ1) is 10.3. The van der Waals surface area contributed by atoms with Crippen molar-refractivity contribution in [2.24, 2.45) is 0 Å². The maximum Gasteiger partial charge on any atom is 0.264 e. The fourth-order valence-electron chi connectivity index (χ4n) is 1.83. The number of fused-ring (bicyclic) bond motifs is 1. The number of thiazole rings is 1. The molecule has 2 aromatic heterocycles. The average Bonchev–Trinajstić information content (AvgIpc) is 3.04. The monoisotopic (exact) mass is 337 g/mol. The van der Waals surface area contributed by atoms with Crippen LogP contribution < -0.4 is 4.72 Å². The molecule has 0 radical (unpaired) electrons. The summed E-state index contributed by atoms with van der Waals surface area (Å²) in [7, 11) is -3.71. The van der Waals surface area contributed by atoms with Gasteiger partial charge in [0, 0.05) is 5.41 Å². The Morgan fingerprint density at radius 1 is 1.27 bits per heavy atom. The minimum atomic E-state index is -3.71. The van der Waals surface area contributed by atoms with Gasteiger partial charge in [-0.1, -0.05) is 20.8 Å². The first-order valence-corrected chi connectivity index (χ1v) is 8.85. The second-order valence-electron chi connectivity index (χ2n) is 5.84. The minimum Gasteiger partial charge on any atom is -0.248 e. The van der Waals surface area contributed by atoms with Crippen molar-refractivity contribution in [2.75, 3.05) is 4.72 Å². The highest BCUT2D eigenvalue weighted by Gasteiger charge is 2.21. The van der Waals surface area contributed by atoms with Crippen molar-refractivity contribution < 1.29 is 8.42 Å². The maximum absolute atomic E-state index is 12.3. The van der Waals surface area contributed by atoms with Crippen molar-refractivity contribution in [3.8, 4) is 0 Å². The lowest BCUT2D eigenvalue weighted by Gasteiger charge is -2.13. The highest BCUT2D eigenvalue weighted by molar-refractivity contribution is 7.92. The lowest BCUT2D eigenvalue weighted by Crippen LogP contribution is -2.13. The van der Waals surface area contributed by atoms with Crippen LogP contribution in [0.2, 0.25) is 0 Å². The summed E-state index contributed by atoms with van der Waals surface area (Å²) in [5, 5.41) is 7.04. The van der Waals surface area contributed by atoms with Crippen LogP contribution in [0.3, 0.4) is 0 Å². The average molecular weight is 337 g/mol. The summed E-state index contributed by atoms with van der Waals surface area (Å²) in [6.07, 6.45) is 1.24. The molecule has 0 spiro atoms. The molecule has 0 aliphatic rings. The Labute approximate surface area is 131 Å². The Morgan fingerprint density at radius 2 is 2.05 bits per heavy atom. The SMILES string of the molecule is CC(C)(C)c1nc2ccc(S(=O)(=O)Nc3ncn[nH]3)cc2s1. The molecule has 0 aliphatic heterocycles. The molecule has 1 aromatic carbocycles. The van der Waals surface area contributed by atoms with Gasteiger partial charge >= 0.3 is 0 Å². The van der Waals surface area contributed by atoms with Crippen molar-refractivity contribution >= 4 is 37.5 Å². The molecule has 0 saturated carbocycles. The molecule has 3 aromatic rings. The van der Waals surface area contributed by atoms with Crippen LogP contribution in [0.4, 0.5) is 5.95 Å². The van der Waals surface area contributed by atoms with Crippen LogP contribution in [0.1, 0.15) is 25.8 Å². The van der Waals surface area contributed by atoms with Gasteiger partial charge in [-0.15, -0.1) is 11.3 Å². The zero-order valence-corrected chi connectivity index (χ0v) is 13.9. The number of aromatic amines is 1. The van der Waals surface area contributed by atoms with Crippen molar-refractivity contribution in [3.63, 3.8) is 0 Å². The molecule has 3 rings (SSSR count). The number of H-pyrrole nitrogens is 1. The van der Waals surface area contributed by atoms with E-state index in [0.717, 1.165) is 15.2 Å².